The van der Waals surface area contributed by atoms with Gasteiger partial charge in [0.05, 0.1) is 10.0 Å². The second-order valence-corrected chi connectivity index (χ2v) is 3.85. The van der Waals surface area contributed by atoms with Gasteiger partial charge in [-0.15, -0.1) is 0 Å². The van der Waals surface area contributed by atoms with Crippen LogP contribution in [0, 0.1) is 0 Å². The average Bonchev–Trinajstić information content (AvgIpc) is 2.70. The van der Waals surface area contributed by atoms with Crippen molar-refractivity contribution >= 4 is 23.2 Å². The third-order valence-corrected chi connectivity index (χ3v) is 2.88. The van der Waals surface area contributed by atoms with Gasteiger partial charge in [0.2, 0.25) is 0 Å². The molecule has 5 heteroatoms. The molecular weight excluding hydrogens is 233 g/mol. The molecule has 0 bridgehead atoms. The zero-order valence-corrected chi connectivity index (χ0v) is 9.60. The van der Waals surface area contributed by atoms with Crippen molar-refractivity contribution in [2.45, 2.75) is 13.3 Å². The Hall–Kier alpha value is -1.06. The van der Waals surface area contributed by atoms with Gasteiger partial charge in [-0.1, -0.05) is 36.2 Å². The molecule has 0 amide bonds. The molecule has 1 aromatic heterocycles. The van der Waals surface area contributed by atoms with Crippen LogP contribution in [0.15, 0.2) is 18.2 Å². The van der Waals surface area contributed by atoms with Crippen LogP contribution in [0.2, 0.25) is 10.0 Å². The molecule has 0 saturated carbocycles. The van der Waals surface area contributed by atoms with E-state index in [4.69, 9.17) is 23.2 Å². The van der Waals surface area contributed by atoms with Gasteiger partial charge in [-0.05, 0) is 12.1 Å². The van der Waals surface area contributed by atoms with Crippen LogP contribution in [0.25, 0.3) is 11.4 Å². The van der Waals surface area contributed by atoms with Crippen molar-refractivity contribution in [1.29, 1.82) is 0 Å². The maximum atomic E-state index is 6.05. The number of aromatic nitrogens is 3. The first kappa shape index (κ1) is 10.5. The van der Waals surface area contributed by atoms with Gasteiger partial charge < -0.3 is 0 Å². The van der Waals surface area contributed by atoms with Gasteiger partial charge in [0.1, 0.15) is 5.82 Å². The SMILES string of the molecule is CCc1nc(-c2cccc(Cl)c2Cl)n[nH]1. The minimum absolute atomic E-state index is 0.487. The number of nitrogens with zero attached hydrogens (tertiary/aromatic N) is 2. The zero-order chi connectivity index (χ0) is 10.8. The maximum absolute atomic E-state index is 6.05. The van der Waals surface area contributed by atoms with Crippen LogP contribution in [0.5, 0.6) is 0 Å². The smallest absolute Gasteiger partial charge is 0.182 e. The molecule has 1 heterocycles. The Kier molecular flexibility index (Phi) is 2.93. The van der Waals surface area contributed by atoms with Crippen LogP contribution in [0.3, 0.4) is 0 Å². The van der Waals surface area contributed by atoms with Crippen molar-refractivity contribution in [2.24, 2.45) is 0 Å². The van der Waals surface area contributed by atoms with E-state index in [1.54, 1.807) is 6.07 Å². The fraction of sp³-hybridized carbons (Fsp3) is 0.200. The molecule has 0 aliphatic carbocycles. The van der Waals surface area contributed by atoms with Crippen LogP contribution in [0.4, 0.5) is 0 Å². The summed E-state index contributed by atoms with van der Waals surface area (Å²) in [4.78, 5) is 4.29. The molecular formula is C10H9Cl2N3. The van der Waals surface area contributed by atoms with E-state index in [1.807, 2.05) is 19.1 Å². The molecule has 1 N–H and O–H groups in total. The Labute approximate surface area is 97.4 Å². The number of H-pyrrole nitrogens is 1. The van der Waals surface area contributed by atoms with Gasteiger partial charge in [0.15, 0.2) is 5.82 Å². The summed E-state index contributed by atoms with van der Waals surface area (Å²) < 4.78 is 0. The summed E-state index contributed by atoms with van der Waals surface area (Å²) in [6.45, 7) is 2.00. The molecule has 1 aromatic carbocycles. The fourth-order valence-corrected chi connectivity index (χ4v) is 1.64. The number of aryl methyl sites for hydroxylation is 1. The van der Waals surface area contributed by atoms with Gasteiger partial charge in [-0.2, -0.15) is 5.10 Å². The van der Waals surface area contributed by atoms with Crippen LogP contribution in [-0.2, 0) is 6.42 Å². The summed E-state index contributed by atoms with van der Waals surface area (Å²) in [6, 6.07) is 5.41. The number of benzene rings is 1. The Morgan fingerprint density at radius 3 is 2.80 bits per heavy atom. The summed E-state index contributed by atoms with van der Waals surface area (Å²) >= 11 is 12.0. The van der Waals surface area contributed by atoms with Crippen LogP contribution in [-0.4, -0.2) is 15.2 Å². The molecule has 0 saturated heterocycles. The number of hydrogen-bond donors (Lipinski definition) is 1. The predicted octanol–water partition coefficient (Wildman–Crippen LogP) is 3.34. The van der Waals surface area contributed by atoms with Gasteiger partial charge in [-0.25, -0.2) is 4.98 Å². The summed E-state index contributed by atoms with van der Waals surface area (Å²) in [5, 5.41) is 7.92. The summed E-state index contributed by atoms with van der Waals surface area (Å²) in [7, 11) is 0. The first-order chi connectivity index (χ1) is 7.22. The summed E-state index contributed by atoms with van der Waals surface area (Å²) in [5.74, 6) is 1.42. The first-order valence-corrected chi connectivity index (χ1v) is 5.33. The molecule has 15 heavy (non-hydrogen) atoms. The van der Waals surface area contributed by atoms with Gasteiger partial charge >= 0.3 is 0 Å². The Bertz CT molecular complexity index is 479. The Morgan fingerprint density at radius 1 is 1.33 bits per heavy atom. The highest BCUT2D eigenvalue weighted by Gasteiger charge is 2.10. The monoisotopic (exact) mass is 241 g/mol. The van der Waals surface area contributed by atoms with Crippen molar-refractivity contribution < 1.29 is 0 Å². The van der Waals surface area contributed by atoms with Crippen LogP contribution >= 0.6 is 23.2 Å². The van der Waals surface area contributed by atoms with Crippen molar-refractivity contribution in [1.82, 2.24) is 15.2 Å². The van der Waals surface area contributed by atoms with E-state index in [9.17, 15) is 0 Å². The fourth-order valence-electron chi connectivity index (χ4n) is 1.25. The third-order valence-electron chi connectivity index (χ3n) is 2.06. The number of hydrogen-bond acceptors (Lipinski definition) is 2. The molecule has 0 spiro atoms. The molecule has 2 aromatic rings. The second kappa shape index (κ2) is 4.21. The lowest BCUT2D eigenvalue weighted by atomic mass is 10.2. The van der Waals surface area contributed by atoms with E-state index < -0.39 is 0 Å². The highest BCUT2D eigenvalue weighted by atomic mass is 35.5. The normalized spacial score (nSPS) is 10.6. The molecule has 0 atom stereocenters. The standard InChI is InChI=1S/C10H9Cl2N3/c1-2-8-13-10(15-14-8)6-4-3-5-7(11)9(6)12/h3-5H,2H2,1H3,(H,13,14,15). The van der Waals surface area contributed by atoms with Crippen molar-refractivity contribution in [2.75, 3.05) is 0 Å². The molecule has 0 unspecified atom stereocenters. The van der Waals surface area contributed by atoms with Gasteiger partial charge in [-0.3, -0.25) is 5.10 Å². The maximum Gasteiger partial charge on any atom is 0.182 e. The van der Waals surface area contributed by atoms with Gasteiger partial charge in [0.25, 0.3) is 0 Å². The lowest BCUT2D eigenvalue weighted by Gasteiger charge is -2.00. The topological polar surface area (TPSA) is 41.6 Å². The van der Waals surface area contributed by atoms with E-state index in [0.29, 0.717) is 15.9 Å². The molecule has 2 rings (SSSR count). The predicted molar refractivity (Wildman–Crippen MR) is 61.2 cm³/mol. The molecule has 0 aliphatic heterocycles. The highest BCUT2D eigenvalue weighted by Crippen LogP contribution is 2.31. The van der Waals surface area contributed by atoms with Crippen molar-refractivity contribution in [3.8, 4) is 11.4 Å². The van der Waals surface area contributed by atoms with E-state index in [0.717, 1.165) is 17.8 Å². The van der Waals surface area contributed by atoms with E-state index >= 15 is 0 Å². The highest BCUT2D eigenvalue weighted by molar-refractivity contribution is 6.43. The van der Waals surface area contributed by atoms with E-state index in [1.165, 1.54) is 0 Å². The first-order valence-electron chi connectivity index (χ1n) is 4.58. The average molecular weight is 242 g/mol. The number of aromatic amines is 1. The Balaban J connectivity index is 2.49. The molecule has 78 valence electrons. The lowest BCUT2D eigenvalue weighted by Crippen LogP contribution is -1.84. The zero-order valence-electron chi connectivity index (χ0n) is 8.09. The minimum atomic E-state index is 0.487. The minimum Gasteiger partial charge on any atom is -0.263 e. The lowest BCUT2D eigenvalue weighted by molar-refractivity contribution is 0.946. The van der Waals surface area contributed by atoms with Crippen molar-refractivity contribution in [3.63, 3.8) is 0 Å². The Morgan fingerprint density at radius 2 is 2.13 bits per heavy atom. The number of nitrogens with one attached hydrogen (secondary N) is 1. The molecule has 0 radical (unpaired) electrons. The van der Waals surface area contributed by atoms with E-state index in [2.05, 4.69) is 15.2 Å². The third kappa shape index (κ3) is 1.98. The molecule has 0 fully saturated rings. The van der Waals surface area contributed by atoms with Gasteiger partial charge in [0, 0.05) is 12.0 Å². The van der Waals surface area contributed by atoms with Crippen molar-refractivity contribution in [3.05, 3.63) is 34.1 Å². The summed E-state index contributed by atoms with van der Waals surface area (Å²) in [6.07, 6.45) is 0.811. The largest absolute Gasteiger partial charge is 0.263 e. The van der Waals surface area contributed by atoms with E-state index in [-0.39, 0.29) is 0 Å². The number of rotatable bonds is 2. The van der Waals surface area contributed by atoms with Crippen LogP contribution < -0.4 is 0 Å². The summed E-state index contributed by atoms with van der Waals surface area (Å²) in [5.41, 5.74) is 0.750. The second-order valence-electron chi connectivity index (χ2n) is 3.06. The molecule has 3 nitrogen and oxygen atoms in total. The van der Waals surface area contributed by atoms with Crippen LogP contribution in [0.1, 0.15) is 12.7 Å². The number of halogens is 2. The quantitative estimate of drug-likeness (QED) is 0.877. The molecule has 0 aliphatic rings.